The first-order chi connectivity index (χ1) is 9.45. The highest BCUT2D eigenvalue weighted by atomic mass is 32.1. The minimum Gasteiger partial charge on any atom is -0.357 e. The van der Waals surface area contributed by atoms with Gasteiger partial charge in [-0.3, -0.25) is 4.68 Å². The van der Waals surface area contributed by atoms with Crippen molar-refractivity contribution in [3.63, 3.8) is 0 Å². The molecule has 1 aromatic carbocycles. The molecule has 0 amide bonds. The summed E-state index contributed by atoms with van der Waals surface area (Å²) in [5, 5.41) is 11.4. The van der Waals surface area contributed by atoms with Crippen molar-refractivity contribution in [3.8, 4) is 0 Å². The summed E-state index contributed by atoms with van der Waals surface area (Å²) in [5.41, 5.74) is 5.58. The van der Waals surface area contributed by atoms with Crippen LogP contribution in [-0.2, 0) is 13.6 Å². The van der Waals surface area contributed by atoms with Crippen LogP contribution in [0.3, 0.4) is 0 Å². The van der Waals surface area contributed by atoms with Crippen molar-refractivity contribution in [1.82, 2.24) is 15.1 Å². The van der Waals surface area contributed by atoms with E-state index in [1.165, 1.54) is 11.1 Å². The molecule has 0 saturated heterocycles. The molecule has 106 valence electrons. The van der Waals surface area contributed by atoms with Gasteiger partial charge in [-0.2, -0.15) is 5.10 Å². The van der Waals surface area contributed by atoms with E-state index in [9.17, 15) is 0 Å². The SMILES string of the molecule is Cc1ccc(NC(=S)NCc2cc(C)n(C)n2)c(C)c1. The fourth-order valence-electron chi connectivity index (χ4n) is 2.01. The van der Waals surface area contributed by atoms with Crippen LogP contribution >= 0.6 is 12.2 Å². The zero-order valence-electron chi connectivity index (χ0n) is 12.3. The van der Waals surface area contributed by atoms with Gasteiger partial charge in [0.25, 0.3) is 0 Å². The van der Waals surface area contributed by atoms with Crippen LogP contribution in [0, 0.1) is 20.8 Å². The topological polar surface area (TPSA) is 41.9 Å². The number of anilines is 1. The smallest absolute Gasteiger partial charge is 0.171 e. The summed E-state index contributed by atoms with van der Waals surface area (Å²) in [6.07, 6.45) is 0. The summed E-state index contributed by atoms with van der Waals surface area (Å²) < 4.78 is 1.86. The number of thiocarbonyl (C=S) groups is 1. The number of aromatic nitrogens is 2. The molecule has 0 fully saturated rings. The van der Waals surface area contributed by atoms with E-state index in [1.54, 1.807) is 0 Å². The van der Waals surface area contributed by atoms with Crippen LogP contribution in [0.25, 0.3) is 0 Å². The van der Waals surface area contributed by atoms with E-state index >= 15 is 0 Å². The highest BCUT2D eigenvalue weighted by Gasteiger charge is 2.04. The van der Waals surface area contributed by atoms with Crippen molar-refractivity contribution in [1.29, 1.82) is 0 Å². The average molecular weight is 288 g/mol. The van der Waals surface area contributed by atoms with Crippen molar-refractivity contribution in [3.05, 3.63) is 46.8 Å². The fraction of sp³-hybridized carbons (Fsp3) is 0.333. The lowest BCUT2D eigenvalue weighted by molar-refractivity contribution is 0.712. The molecule has 0 aliphatic rings. The highest BCUT2D eigenvalue weighted by molar-refractivity contribution is 7.80. The molecule has 0 atom stereocenters. The lowest BCUT2D eigenvalue weighted by atomic mass is 10.1. The monoisotopic (exact) mass is 288 g/mol. The van der Waals surface area contributed by atoms with Crippen LogP contribution in [-0.4, -0.2) is 14.9 Å². The molecular weight excluding hydrogens is 268 g/mol. The predicted octanol–water partition coefficient (Wildman–Crippen LogP) is 2.83. The first-order valence-corrected chi connectivity index (χ1v) is 6.98. The Morgan fingerprint density at radius 1 is 1.25 bits per heavy atom. The first-order valence-electron chi connectivity index (χ1n) is 6.57. The molecule has 0 spiro atoms. The van der Waals surface area contributed by atoms with Gasteiger partial charge < -0.3 is 10.6 Å². The van der Waals surface area contributed by atoms with Gasteiger partial charge in [0.05, 0.1) is 12.2 Å². The quantitative estimate of drug-likeness (QED) is 0.852. The Bertz CT molecular complexity index is 611. The van der Waals surface area contributed by atoms with Crippen LogP contribution in [0.5, 0.6) is 0 Å². The summed E-state index contributed by atoms with van der Waals surface area (Å²) in [6, 6.07) is 8.30. The van der Waals surface area contributed by atoms with Gasteiger partial charge >= 0.3 is 0 Å². The second-order valence-electron chi connectivity index (χ2n) is 5.03. The van der Waals surface area contributed by atoms with E-state index in [2.05, 4.69) is 41.7 Å². The standard InChI is InChI=1S/C15H20N4S/c1-10-5-6-14(11(2)7-10)17-15(20)16-9-13-8-12(3)19(4)18-13/h5-8H,9H2,1-4H3,(H2,16,17,20). The number of hydrogen-bond acceptors (Lipinski definition) is 2. The molecule has 2 rings (SSSR count). The number of hydrogen-bond donors (Lipinski definition) is 2. The molecule has 0 bridgehead atoms. The molecule has 0 unspecified atom stereocenters. The average Bonchev–Trinajstić information content (AvgIpc) is 2.70. The van der Waals surface area contributed by atoms with E-state index in [1.807, 2.05) is 30.8 Å². The summed E-state index contributed by atoms with van der Waals surface area (Å²) in [7, 11) is 1.94. The van der Waals surface area contributed by atoms with Crippen LogP contribution in [0.1, 0.15) is 22.5 Å². The predicted molar refractivity (Wildman–Crippen MR) is 86.9 cm³/mol. The minimum atomic E-state index is 0.611. The van der Waals surface area contributed by atoms with Gasteiger partial charge in [0.15, 0.2) is 5.11 Å². The molecule has 1 aromatic heterocycles. The van der Waals surface area contributed by atoms with Crippen LogP contribution in [0.4, 0.5) is 5.69 Å². The van der Waals surface area contributed by atoms with Crippen molar-refractivity contribution in [2.24, 2.45) is 7.05 Å². The fourth-order valence-corrected chi connectivity index (χ4v) is 2.19. The Hall–Kier alpha value is -1.88. The molecule has 4 nitrogen and oxygen atoms in total. The van der Waals surface area contributed by atoms with Crippen LogP contribution in [0.2, 0.25) is 0 Å². The molecule has 2 aromatic rings. The summed E-state index contributed by atoms with van der Waals surface area (Å²) in [4.78, 5) is 0. The number of aryl methyl sites for hydroxylation is 4. The van der Waals surface area contributed by atoms with E-state index in [0.29, 0.717) is 11.7 Å². The number of nitrogens with zero attached hydrogens (tertiary/aromatic N) is 2. The second kappa shape index (κ2) is 6.05. The van der Waals surface area contributed by atoms with Gasteiger partial charge in [-0.1, -0.05) is 17.7 Å². The first kappa shape index (κ1) is 14.5. The molecule has 5 heteroatoms. The molecule has 1 heterocycles. The van der Waals surface area contributed by atoms with Gasteiger partial charge in [0.1, 0.15) is 0 Å². The highest BCUT2D eigenvalue weighted by Crippen LogP contribution is 2.15. The van der Waals surface area contributed by atoms with Gasteiger partial charge in [-0.25, -0.2) is 0 Å². The maximum Gasteiger partial charge on any atom is 0.171 e. The third-order valence-electron chi connectivity index (χ3n) is 3.22. The minimum absolute atomic E-state index is 0.611. The molecule has 0 saturated carbocycles. The van der Waals surface area contributed by atoms with Gasteiger partial charge in [-0.15, -0.1) is 0 Å². The Balaban J connectivity index is 1.92. The van der Waals surface area contributed by atoms with E-state index in [4.69, 9.17) is 12.2 Å². The molecule has 2 N–H and O–H groups in total. The molecule has 0 aliphatic heterocycles. The summed E-state index contributed by atoms with van der Waals surface area (Å²) in [5.74, 6) is 0. The van der Waals surface area contributed by atoms with Crippen molar-refractivity contribution in [2.45, 2.75) is 27.3 Å². The van der Waals surface area contributed by atoms with Crippen LogP contribution in [0.15, 0.2) is 24.3 Å². The Morgan fingerprint density at radius 2 is 2.00 bits per heavy atom. The number of rotatable bonds is 3. The van der Waals surface area contributed by atoms with Crippen molar-refractivity contribution in [2.75, 3.05) is 5.32 Å². The zero-order valence-corrected chi connectivity index (χ0v) is 13.1. The third kappa shape index (κ3) is 3.57. The lowest BCUT2D eigenvalue weighted by Crippen LogP contribution is -2.28. The maximum atomic E-state index is 5.31. The molecule has 0 radical (unpaired) electrons. The molecule has 0 aliphatic carbocycles. The van der Waals surface area contributed by atoms with Crippen molar-refractivity contribution >= 4 is 23.0 Å². The van der Waals surface area contributed by atoms with E-state index in [-0.39, 0.29) is 0 Å². The van der Waals surface area contributed by atoms with E-state index < -0.39 is 0 Å². The van der Waals surface area contributed by atoms with Crippen LogP contribution < -0.4 is 10.6 Å². The second-order valence-corrected chi connectivity index (χ2v) is 5.43. The Morgan fingerprint density at radius 3 is 2.60 bits per heavy atom. The molecular formula is C15H20N4S. The van der Waals surface area contributed by atoms with Gasteiger partial charge in [0, 0.05) is 18.4 Å². The van der Waals surface area contributed by atoms with Crippen molar-refractivity contribution < 1.29 is 0 Å². The third-order valence-corrected chi connectivity index (χ3v) is 3.47. The van der Waals surface area contributed by atoms with Gasteiger partial charge in [-0.05, 0) is 50.7 Å². The summed E-state index contributed by atoms with van der Waals surface area (Å²) >= 11 is 5.31. The number of nitrogens with one attached hydrogen (secondary N) is 2. The number of benzene rings is 1. The Kier molecular flexibility index (Phi) is 4.39. The normalized spacial score (nSPS) is 10.4. The Labute approximate surface area is 125 Å². The zero-order chi connectivity index (χ0) is 14.7. The van der Waals surface area contributed by atoms with E-state index in [0.717, 1.165) is 17.1 Å². The maximum absolute atomic E-state index is 5.31. The summed E-state index contributed by atoms with van der Waals surface area (Å²) in [6.45, 7) is 6.80. The lowest BCUT2D eigenvalue weighted by Gasteiger charge is -2.12. The largest absolute Gasteiger partial charge is 0.357 e. The van der Waals surface area contributed by atoms with Gasteiger partial charge in [0.2, 0.25) is 0 Å². The molecule has 20 heavy (non-hydrogen) atoms.